The average molecular weight is 470 g/mol. The molecule has 0 saturated carbocycles. The van der Waals surface area contributed by atoms with Crippen molar-refractivity contribution >= 4 is 49.5 Å². The fourth-order valence-corrected chi connectivity index (χ4v) is 7.20. The van der Waals surface area contributed by atoms with Crippen LogP contribution >= 0.6 is 0 Å². The molecule has 7 nitrogen and oxygen atoms in total. The third-order valence-electron chi connectivity index (χ3n) is 8.41. The van der Waals surface area contributed by atoms with Crippen molar-refractivity contribution in [2.75, 3.05) is 14.1 Å². The van der Waals surface area contributed by atoms with Gasteiger partial charge >= 0.3 is 0 Å². The minimum absolute atomic E-state index is 0.0716. The van der Waals surface area contributed by atoms with Crippen LogP contribution in [-0.2, 0) is 21.7 Å². The maximum absolute atomic E-state index is 13.4. The minimum atomic E-state index is -2.35. The zero-order valence-electron chi connectivity index (χ0n) is 22.4. The fourth-order valence-electron chi connectivity index (χ4n) is 7.20. The topological polar surface area (TPSA) is 69.5 Å². The van der Waals surface area contributed by atoms with Crippen molar-refractivity contribution < 1.29 is 18.4 Å². The highest BCUT2D eigenvalue weighted by Gasteiger charge is 2.53. The Balaban J connectivity index is 1.63. The van der Waals surface area contributed by atoms with Gasteiger partial charge in [0.15, 0.2) is 5.72 Å². The molecule has 3 aliphatic heterocycles. The number of aromatic nitrogens is 2. The molecule has 1 amide bonds. The van der Waals surface area contributed by atoms with Crippen LogP contribution in [0, 0.1) is 0 Å². The van der Waals surface area contributed by atoms with Crippen LogP contribution in [0.5, 0.6) is 0 Å². The molecule has 8 rings (SSSR count). The van der Waals surface area contributed by atoms with Gasteiger partial charge in [0.05, 0.1) is 27.6 Å². The van der Waals surface area contributed by atoms with Crippen molar-refractivity contribution in [3.05, 3.63) is 59.7 Å². The quantitative estimate of drug-likeness (QED) is 0.403. The molecule has 1 fully saturated rings. The van der Waals surface area contributed by atoms with E-state index >= 15 is 0 Å². The minimum Gasteiger partial charge on any atom is -0.375 e. The van der Waals surface area contributed by atoms with Crippen LogP contribution in [-0.4, -0.2) is 41.3 Å². The first kappa shape index (κ1) is 17.1. The number of amides is 1. The Labute approximate surface area is 205 Å². The number of para-hydroxylation sites is 2. The number of benzene rings is 3. The van der Waals surface area contributed by atoms with Crippen molar-refractivity contribution in [2.24, 2.45) is 0 Å². The van der Waals surface area contributed by atoms with Crippen molar-refractivity contribution in [1.82, 2.24) is 19.8 Å². The Hall–Kier alpha value is -3.39. The standard InChI is InChI=1S/C28H26N4O3/c1-28-26(34-3)17(29-2)12-20(35-28)31-18-10-6-4-8-14(18)22-23-16(13-30-27(23)33)21-15-9-5-7-11-19(15)32(28)25(21)24(22)31/h4-11,17,20,26,29H,12-13H2,1-3H3,(H,30,33)/t17-,20-,26-,28+/m1/s1/i2D3. The highest BCUT2D eigenvalue weighted by molar-refractivity contribution is 6.31. The Morgan fingerprint density at radius 1 is 1.11 bits per heavy atom. The Bertz CT molecular complexity index is 1860. The van der Waals surface area contributed by atoms with Gasteiger partial charge < -0.3 is 29.2 Å². The Morgan fingerprint density at radius 2 is 1.86 bits per heavy atom. The normalized spacial score (nSPS) is 28.9. The van der Waals surface area contributed by atoms with Crippen LogP contribution in [0.25, 0.3) is 43.6 Å². The Morgan fingerprint density at radius 3 is 2.63 bits per heavy atom. The number of ether oxygens (including phenoxy) is 2. The van der Waals surface area contributed by atoms with Crippen LogP contribution < -0.4 is 10.6 Å². The SMILES string of the molecule is [2H]C([2H])([2H])N[C@@H]1C[C@H]2O[C@@](C)([C@@H]1OC)n1c3ccccc3c3c4c(c5c6ccccc6n2c5c31)C(=O)NC4. The summed E-state index contributed by atoms with van der Waals surface area (Å²) in [5, 5.41) is 9.90. The van der Waals surface area contributed by atoms with Gasteiger partial charge in [-0.3, -0.25) is 4.79 Å². The molecule has 35 heavy (non-hydrogen) atoms. The molecule has 0 aliphatic carbocycles. The monoisotopic (exact) mass is 469 g/mol. The van der Waals surface area contributed by atoms with Gasteiger partial charge in [0.2, 0.25) is 0 Å². The molecular formula is C28H26N4O3. The first-order valence-electron chi connectivity index (χ1n) is 13.5. The summed E-state index contributed by atoms with van der Waals surface area (Å²) in [6, 6.07) is 15.7. The second-order valence-corrected chi connectivity index (χ2v) is 9.99. The van der Waals surface area contributed by atoms with Crippen LogP contribution in [0.2, 0.25) is 0 Å². The highest BCUT2D eigenvalue weighted by Crippen LogP contribution is 2.53. The summed E-state index contributed by atoms with van der Waals surface area (Å²) in [6.07, 6.45) is -0.705. The molecule has 7 heteroatoms. The zero-order chi connectivity index (χ0) is 26.1. The number of hydrogen-bond acceptors (Lipinski definition) is 4. The first-order chi connectivity index (χ1) is 18.2. The number of carbonyl (C=O) groups excluding carboxylic acids is 1. The van der Waals surface area contributed by atoms with Crippen LogP contribution in [0.1, 0.15) is 39.6 Å². The van der Waals surface area contributed by atoms with Crippen LogP contribution in [0.15, 0.2) is 48.5 Å². The van der Waals surface area contributed by atoms with Crippen molar-refractivity contribution in [1.29, 1.82) is 0 Å². The molecule has 3 aliphatic rings. The molecule has 176 valence electrons. The van der Waals surface area contributed by atoms with Gasteiger partial charge in [-0.15, -0.1) is 0 Å². The van der Waals surface area contributed by atoms with E-state index in [-0.39, 0.29) is 5.91 Å². The lowest BCUT2D eigenvalue weighted by Crippen LogP contribution is -2.59. The molecule has 2 aromatic heterocycles. The third-order valence-corrected chi connectivity index (χ3v) is 8.41. The van der Waals surface area contributed by atoms with Gasteiger partial charge in [0.25, 0.3) is 5.91 Å². The second kappa shape index (κ2) is 6.43. The van der Waals surface area contributed by atoms with Crippen molar-refractivity contribution in [3.63, 3.8) is 0 Å². The van der Waals surface area contributed by atoms with E-state index in [1.807, 2.05) is 37.3 Å². The van der Waals surface area contributed by atoms with Gasteiger partial charge in [-0.05, 0) is 31.6 Å². The Kier molecular flexibility index (Phi) is 3.14. The van der Waals surface area contributed by atoms with E-state index in [4.69, 9.17) is 13.6 Å². The molecule has 0 spiro atoms. The van der Waals surface area contributed by atoms with Gasteiger partial charge in [-0.2, -0.15) is 0 Å². The van der Waals surface area contributed by atoms with Gasteiger partial charge in [-0.25, -0.2) is 0 Å². The number of likely N-dealkylation sites (N-methyl/N-ethyl adjacent to an activating group) is 1. The molecule has 0 radical (unpaired) electrons. The van der Waals surface area contributed by atoms with Crippen molar-refractivity contribution in [3.8, 4) is 0 Å². The van der Waals surface area contributed by atoms with E-state index in [9.17, 15) is 4.79 Å². The number of rotatable bonds is 2. The van der Waals surface area contributed by atoms with E-state index in [2.05, 4.69) is 38.0 Å². The summed E-state index contributed by atoms with van der Waals surface area (Å²) in [5.41, 5.74) is 4.48. The lowest BCUT2D eigenvalue weighted by atomic mass is 9.93. The molecule has 0 unspecified atom stereocenters. The summed E-state index contributed by atoms with van der Waals surface area (Å²) in [6.45, 7) is 0.0864. The molecule has 2 N–H and O–H groups in total. The lowest BCUT2D eigenvalue weighted by molar-refractivity contribution is -0.256. The predicted octanol–water partition coefficient (Wildman–Crippen LogP) is 4.35. The maximum atomic E-state index is 13.4. The van der Waals surface area contributed by atoms with E-state index in [1.54, 1.807) is 7.11 Å². The molecule has 4 atom stereocenters. The fraction of sp³-hybridized carbons (Fsp3) is 0.321. The number of nitrogens with one attached hydrogen (secondary N) is 2. The van der Waals surface area contributed by atoms with Gasteiger partial charge in [0, 0.05) is 51.8 Å². The molecule has 3 aromatic carbocycles. The number of fused-ring (bicyclic) bond motifs is 13. The molecular weight excluding hydrogens is 440 g/mol. The lowest BCUT2D eigenvalue weighted by Gasteiger charge is -2.48. The molecule has 5 aromatic rings. The number of carbonyl (C=O) groups is 1. The number of nitrogens with zero attached hydrogens (tertiary/aromatic N) is 2. The summed E-state index contributed by atoms with van der Waals surface area (Å²) in [5.74, 6) is -0.0716. The first-order valence-corrected chi connectivity index (χ1v) is 12.0. The summed E-state index contributed by atoms with van der Waals surface area (Å²) < 4.78 is 41.5. The number of methoxy groups -OCH3 is 1. The van der Waals surface area contributed by atoms with E-state index in [0.29, 0.717) is 18.5 Å². The summed E-state index contributed by atoms with van der Waals surface area (Å²) >= 11 is 0. The number of hydrogen-bond donors (Lipinski definition) is 2. The second-order valence-electron chi connectivity index (χ2n) is 9.99. The largest absolute Gasteiger partial charge is 0.375 e. The van der Waals surface area contributed by atoms with Crippen LogP contribution in [0.4, 0.5) is 0 Å². The van der Waals surface area contributed by atoms with Crippen molar-refractivity contribution in [2.45, 2.75) is 44.0 Å². The highest BCUT2D eigenvalue weighted by atomic mass is 16.6. The molecule has 1 saturated heterocycles. The van der Waals surface area contributed by atoms with E-state index in [1.165, 1.54) is 0 Å². The third kappa shape index (κ3) is 2.12. The van der Waals surface area contributed by atoms with E-state index < -0.39 is 31.1 Å². The summed E-state index contributed by atoms with van der Waals surface area (Å²) in [7, 11) is 1.61. The average Bonchev–Trinajstić information content (AvgIpc) is 3.50. The maximum Gasteiger partial charge on any atom is 0.252 e. The van der Waals surface area contributed by atoms with E-state index in [0.717, 1.165) is 49.2 Å². The zero-order valence-corrected chi connectivity index (χ0v) is 19.4. The summed E-state index contributed by atoms with van der Waals surface area (Å²) in [4.78, 5) is 13.4. The smallest absolute Gasteiger partial charge is 0.252 e. The molecule has 5 heterocycles. The van der Waals surface area contributed by atoms with Gasteiger partial charge in [-0.1, -0.05) is 36.4 Å². The van der Waals surface area contributed by atoms with Gasteiger partial charge in [0.1, 0.15) is 12.3 Å². The predicted molar refractivity (Wildman–Crippen MR) is 136 cm³/mol. The van der Waals surface area contributed by atoms with Crippen LogP contribution in [0.3, 0.4) is 0 Å². The molecule has 2 bridgehead atoms.